The van der Waals surface area contributed by atoms with E-state index in [9.17, 15) is 0 Å². The lowest BCUT2D eigenvalue weighted by atomic mass is 10.4. The van der Waals surface area contributed by atoms with E-state index in [2.05, 4.69) is 46.8 Å². The first-order chi connectivity index (χ1) is 5.77. The van der Waals surface area contributed by atoms with Gasteiger partial charge in [-0.05, 0) is 37.9 Å². The molecule has 2 aromatic heterocycles. The van der Waals surface area contributed by atoms with Gasteiger partial charge in [-0.25, -0.2) is 9.97 Å². The lowest BCUT2D eigenvalue weighted by Crippen LogP contribution is -1.86. The van der Waals surface area contributed by atoms with Crippen LogP contribution in [0.2, 0.25) is 0 Å². The van der Waals surface area contributed by atoms with Gasteiger partial charge in [0.2, 0.25) is 0 Å². The summed E-state index contributed by atoms with van der Waals surface area (Å²) in [6.45, 7) is 0. The fourth-order valence-corrected chi connectivity index (χ4v) is 1.61. The Morgan fingerprint density at radius 2 is 1.92 bits per heavy atom. The summed E-state index contributed by atoms with van der Waals surface area (Å²) in [6.07, 6.45) is 3.22. The zero-order valence-corrected chi connectivity index (χ0v) is 9.00. The summed E-state index contributed by atoms with van der Waals surface area (Å²) in [4.78, 5) is 12.2. The van der Waals surface area contributed by atoms with Gasteiger partial charge in [0.05, 0.1) is 5.52 Å². The molecule has 0 amide bonds. The van der Waals surface area contributed by atoms with Crippen LogP contribution in [0.15, 0.2) is 27.7 Å². The van der Waals surface area contributed by atoms with Crippen molar-refractivity contribution < 1.29 is 0 Å². The normalized spacial score (nSPS) is 10.5. The number of aromatic nitrogens is 3. The highest BCUT2D eigenvalue weighted by molar-refractivity contribution is 9.10. The van der Waals surface area contributed by atoms with Gasteiger partial charge in [0.15, 0.2) is 0 Å². The Labute approximate surface area is 85.5 Å². The van der Waals surface area contributed by atoms with E-state index in [1.807, 2.05) is 6.07 Å². The number of pyridine rings is 1. The lowest BCUT2D eigenvalue weighted by molar-refractivity contribution is 1.16. The quantitative estimate of drug-likeness (QED) is 0.700. The van der Waals surface area contributed by atoms with Gasteiger partial charge in [-0.2, -0.15) is 0 Å². The van der Waals surface area contributed by atoms with E-state index >= 15 is 0 Å². The maximum absolute atomic E-state index is 4.16. The van der Waals surface area contributed by atoms with Crippen LogP contribution in [-0.2, 0) is 0 Å². The molecule has 0 saturated carbocycles. The summed E-state index contributed by atoms with van der Waals surface area (Å²) >= 11 is 6.61. The van der Waals surface area contributed by atoms with E-state index < -0.39 is 0 Å². The molecular formula is C7H3Br2N3. The second kappa shape index (κ2) is 3.06. The predicted molar refractivity (Wildman–Crippen MR) is 52.7 cm³/mol. The third kappa shape index (κ3) is 1.34. The smallest absolute Gasteiger partial charge is 0.135 e. The molecule has 60 valence electrons. The Morgan fingerprint density at radius 1 is 1.08 bits per heavy atom. The van der Waals surface area contributed by atoms with E-state index in [-0.39, 0.29) is 0 Å². The molecule has 2 rings (SSSR count). The van der Waals surface area contributed by atoms with Crippen molar-refractivity contribution in [3.63, 3.8) is 0 Å². The van der Waals surface area contributed by atoms with Crippen LogP contribution in [0.4, 0.5) is 0 Å². The molecule has 3 nitrogen and oxygen atoms in total. The van der Waals surface area contributed by atoms with Crippen LogP contribution >= 0.6 is 31.9 Å². The van der Waals surface area contributed by atoms with Crippen LogP contribution in [-0.4, -0.2) is 15.0 Å². The third-order valence-electron chi connectivity index (χ3n) is 1.40. The summed E-state index contributed by atoms with van der Waals surface area (Å²) in [5.74, 6) is 0. The SMILES string of the molecule is Brc1cnc2c(Br)ncnc2c1. The van der Waals surface area contributed by atoms with E-state index in [1.54, 1.807) is 6.20 Å². The highest BCUT2D eigenvalue weighted by atomic mass is 79.9. The van der Waals surface area contributed by atoms with E-state index in [1.165, 1.54) is 6.33 Å². The average Bonchev–Trinajstić information content (AvgIpc) is 2.04. The Balaban J connectivity index is 2.86. The molecule has 2 heterocycles. The molecule has 0 radical (unpaired) electrons. The molecule has 0 N–H and O–H groups in total. The minimum absolute atomic E-state index is 0.722. The molecule has 0 fully saturated rings. The molecule has 0 spiro atoms. The van der Waals surface area contributed by atoms with Crippen LogP contribution < -0.4 is 0 Å². The number of hydrogen-bond donors (Lipinski definition) is 0. The second-order valence-corrected chi connectivity index (χ2v) is 3.85. The van der Waals surface area contributed by atoms with Gasteiger partial charge < -0.3 is 0 Å². The van der Waals surface area contributed by atoms with Gasteiger partial charge in [-0.1, -0.05) is 0 Å². The first-order valence-corrected chi connectivity index (χ1v) is 4.78. The number of hydrogen-bond acceptors (Lipinski definition) is 3. The summed E-state index contributed by atoms with van der Waals surface area (Å²) in [6, 6.07) is 1.90. The van der Waals surface area contributed by atoms with Crippen molar-refractivity contribution >= 4 is 42.9 Å². The van der Waals surface area contributed by atoms with Crippen LogP contribution in [0, 0.1) is 0 Å². The van der Waals surface area contributed by atoms with E-state index in [4.69, 9.17) is 0 Å². The zero-order chi connectivity index (χ0) is 8.55. The first-order valence-electron chi connectivity index (χ1n) is 3.19. The summed E-state index contributed by atoms with van der Waals surface area (Å²) < 4.78 is 1.64. The molecule has 12 heavy (non-hydrogen) atoms. The molecule has 0 atom stereocenters. The maximum Gasteiger partial charge on any atom is 0.135 e. The molecule has 0 aliphatic rings. The van der Waals surface area contributed by atoms with E-state index in [0.29, 0.717) is 0 Å². The Kier molecular flexibility index (Phi) is 2.06. The minimum Gasteiger partial charge on any atom is -0.251 e. The first kappa shape index (κ1) is 8.07. The molecule has 0 aliphatic carbocycles. The molecular weight excluding hydrogens is 286 g/mol. The summed E-state index contributed by atoms with van der Waals surface area (Å²) in [5.41, 5.74) is 1.60. The highest BCUT2D eigenvalue weighted by Gasteiger charge is 2.01. The maximum atomic E-state index is 4.16. The van der Waals surface area contributed by atoms with Crippen LogP contribution in [0.5, 0.6) is 0 Å². The number of rotatable bonds is 0. The lowest BCUT2D eigenvalue weighted by Gasteiger charge is -1.96. The molecule has 0 unspecified atom stereocenters. The van der Waals surface area contributed by atoms with Crippen molar-refractivity contribution in [3.05, 3.63) is 27.7 Å². The Bertz CT molecular complexity index is 430. The Morgan fingerprint density at radius 3 is 2.75 bits per heavy atom. The average molecular weight is 289 g/mol. The Hall–Kier alpha value is -0.550. The largest absolute Gasteiger partial charge is 0.251 e. The van der Waals surface area contributed by atoms with Crippen molar-refractivity contribution in [2.45, 2.75) is 0 Å². The van der Waals surface area contributed by atoms with Crippen molar-refractivity contribution in [1.82, 2.24) is 15.0 Å². The van der Waals surface area contributed by atoms with Crippen LogP contribution in [0.25, 0.3) is 11.0 Å². The topological polar surface area (TPSA) is 38.7 Å². The van der Waals surface area contributed by atoms with Gasteiger partial charge in [-0.15, -0.1) is 0 Å². The summed E-state index contributed by atoms with van der Waals surface area (Å²) in [5, 5.41) is 0. The molecule has 5 heteroatoms. The van der Waals surface area contributed by atoms with Crippen molar-refractivity contribution in [2.24, 2.45) is 0 Å². The molecule has 0 bridgehead atoms. The van der Waals surface area contributed by atoms with Crippen molar-refractivity contribution in [3.8, 4) is 0 Å². The van der Waals surface area contributed by atoms with Crippen LogP contribution in [0.1, 0.15) is 0 Å². The van der Waals surface area contributed by atoms with Gasteiger partial charge in [0.25, 0.3) is 0 Å². The predicted octanol–water partition coefficient (Wildman–Crippen LogP) is 2.55. The van der Waals surface area contributed by atoms with Gasteiger partial charge in [0.1, 0.15) is 16.4 Å². The minimum atomic E-state index is 0.722. The van der Waals surface area contributed by atoms with Crippen LogP contribution in [0.3, 0.4) is 0 Å². The molecule has 0 aromatic carbocycles. The zero-order valence-electron chi connectivity index (χ0n) is 5.83. The third-order valence-corrected chi connectivity index (χ3v) is 2.41. The molecule has 0 aliphatic heterocycles. The summed E-state index contributed by atoms with van der Waals surface area (Å²) in [7, 11) is 0. The monoisotopic (exact) mass is 287 g/mol. The van der Waals surface area contributed by atoms with Crippen molar-refractivity contribution in [1.29, 1.82) is 0 Å². The second-order valence-electron chi connectivity index (χ2n) is 2.19. The van der Waals surface area contributed by atoms with E-state index in [0.717, 1.165) is 20.1 Å². The number of halogens is 2. The molecule has 0 saturated heterocycles. The number of fused-ring (bicyclic) bond motifs is 1. The fraction of sp³-hybridized carbons (Fsp3) is 0. The highest BCUT2D eigenvalue weighted by Crippen LogP contribution is 2.19. The van der Waals surface area contributed by atoms with Gasteiger partial charge >= 0.3 is 0 Å². The van der Waals surface area contributed by atoms with Crippen molar-refractivity contribution in [2.75, 3.05) is 0 Å². The fourth-order valence-electron chi connectivity index (χ4n) is 0.889. The van der Waals surface area contributed by atoms with Gasteiger partial charge in [0, 0.05) is 10.7 Å². The van der Waals surface area contributed by atoms with Gasteiger partial charge in [-0.3, -0.25) is 4.98 Å². The molecule has 2 aromatic rings. The number of nitrogens with zero attached hydrogens (tertiary/aromatic N) is 3. The standard InChI is InChI=1S/C7H3Br2N3/c8-4-1-5-6(10-2-4)7(9)12-3-11-5/h1-3H.